The SMILES string of the molecule is Nc1cc(N)cc(C[S+]=S(=O)(O)O)c1. The van der Waals surface area contributed by atoms with Gasteiger partial charge in [0.15, 0.2) is 0 Å². The van der Waals surface area contributed by atoms with E-state index in [4.69, 9.17) is 20.6 Å². The molecule has 0 aliphatic rings. The lowest BCUT2D eigenvalue weighted by molar-refractivity contribution is 0.450. The Balaban J connectivity index is 2.94. The molecule has 0 aliphatic carbocycles. The molecule has 0 saturated carbocycles. The summed E-state index contributed by atoms with van der Waals surface area (Å²) in [5.41, 5.74) is 12.7. The van der Waals surface area contributed by atoms with Crippen molar-refractivity contribution in [1.29, 1.82) is 0 Å². The van der Waals surface area contributed by atoms with Crippen LogP contribution in [0, 0.1) is 0 Å². The third kappa shape index (κ3) is 3.88. The molecule has 0 unspecified atom stereocenters. The van der Waals surface area contributed by atoms with Gasteiger partial charge in [0.05, 0.1) is 0 Å². The fraction of sp³-hybridized carbons (Fsp3) is 0.143. The van der Waals surface area contributed by atoms with Gasteiger partial charge in [-0.1, -0.05) is 0 Å². The average molecular weight is 235 g/mol. The Morgan fingerprint density at radius 1 is 1.21 bits per heavy atom. The second-order valence-corrected chi connectivity index (χ2v) is 6.15. The van der Waals surface area contributed by atoms with Gasteiger partial charge in [-0.25, -0.2) is 0 Å². The first kappa shape index (κ1) is 11.2. The van der Waals surface area contributed by atoms with Crippen molar-refractivity contribution in [2.24, 2.45) is 0 Å². The minimum atomic E-state index is -3.76. The molecule has 6 N–H and O–H groups in total. The highest BCUT2D eigenvalue weighted by molar-refractivity contribution is 8.33. The van der Waals surface area contributed by atoms with Crippen LogP contribution in [-0.4, -0.2) is 13.3 Å². The summed E-state index contributed by atoms with van der Waals surface area (Å²) in [6.45, 7) is 0. The van der Waals surface area contributed by atoms with E-state index in [-0.39, 0.29) is 5.75 Å². The van der Waals surface area contributed by atoms with Crippen molar-refractivity contribution in [2.75, 3.05) is 11.5 Å². The Labute approximate surface area is 85.4 Å². The van der Waals surface area contributed by atoms with E-state index in [0.29, 0.717) is 27.3 Å². The Bertz CT molecular complexity index is 424. The summed E-state index contributed by atoms with van der Waals surface area (Å²) in [7, 11) is -3.23. The van der Waals surface area contributed by atoms with Crippen molar-refractivity contribution in [3.63, 3.8) is 0 Å². The first-order chi connectivity index (χ1) is 6.37. The highest BCUT2D eigenvalue weighted by Crippen LogP contribution is 2.14. The van der Waals surface area contributed by atoms with Crippen molar-refractivity contribution in [2.45, 2.75) is 5.75 Å². The van der Waals surface area contributed by atoms with Gasteiger partial charge in [0, 0.05) is 16.9 Å². The summed E-state index contributed by atoms with van der Waals surface area (Å²) < 4.78 is 27.7. The van der Waals surface area contributed by atoms with Gasteiger partial charge in [0.1, 0.15) is 0 Å². The number of nitrogens with two attached hydrogens (primary N) is 2. The third-order valence-corrected chi connectivity index (χ3v) is 3.45. The number of benzene rings is 1. The Kier molecular flexibility index (Phi) is 3.27. The number of anilines is 2. The highest BCUT2D eigenvalue weighted by Gasteiger charge is 2.11. The molecule has 1 aromatic rings. The molecule has 1 rings (SSSR count). The lowest BCUT2D eigenvalue weighted by atomic mass is 10.2. The minimum Gasteiger partial charge on any atom is -0.399 e. The van der Waals surface area contributed by atoms with Crippen molar-refractivity contribution < 1.29 is 13.3 Å². The Morgan fingerprint density at radius 3 is 2.14 bits per heavy atom. The second kappa shape index (κ2) is 4.09. The monoisotopic (exact) mass is 235 g/mol. The Hall–Kier alpha value is -0.890. The van der Waals surface area contributed by atoms with Crippen LogP contribution in [-0.2, 0) is 25.1 Å². The summed E-state index contributed by atoms with van der Waals surface area (Å²) in [6, 6.07) is 4.85. The molecule has 0 radical (unpaired) electrons. The van der Waals surface area contributed by atoms with Crippen molar-refractivity contribution in [3.8, 4) is 0 Å². The summed E-state index contributed by atoms with van der Waals surface area (Å²) in [4.78, 5) is 0. The van der Waals surface area contributed by atoms with Crippen molar-refractivity contribution >= 4 is 30.7 Å². The maximum Gasteiger partial charge on any atom is 0.430 e. The first-order valence-corrected chi connectivity index (χ1v) is 6.62. The molecule has 5 nitrogen and oxygen atoms in total. The molecule has 0 aliphatic heterocycles. The Morgan fingerprint density at radius 2 is 1.71 bits per heavy atom. The van der Waals surface area contributed by atoms with E-state index in [1.54, 1.807) is 18.2 Å². The zero-order valence-corrected chi connectivity index (χ0v) is 8.85. The number of nitrogen functional groups attached to an aromatic ring is 2. The summed E-state index contributed by atoms with van der Waals surface area (Å²) in [6.07, 6.45) is 0. The van der Waals surface area contributed by atoms with Crippen LogP contribution in [0.25, 0.3) is 0 Å². The molecule has 0 fully saturated rings. The molecule has 1 aromatic carbocycles. The van der Waals surface area contributed by atoms with E-state index in [2.05, 4.69) is 0 Å². The van der Waals surface area contributed by atoms with Gasteiger partial charge < -0.3 is 11.5 Å². The van der Waals surface area contributed by atoms with E-state index in [1.807, 2.05) is 0 Å². The van der Waals surface area contributed by atoms with Gasteiger partial charge in [0.2, 0.25) is 5.75 Å². The van der Waals surface area contributed by atoms with Gasteiger partial charge in [-0.15, -0.1) is 0 Å². The van der Waals surface area contributed by atoms with Crippen LogP contribution in [0.1, 0.15) is 5.56 Å². The fourth-order valence-corrected chi connectivity index (χ4v) is 2.30. The topological polar surface area (TPSA) is 110 Å². The molecule has 0 aromatic heterocycles. The zero-order chi connectivity index (χ0) is 10.8. The summed E-state index contributed by atoms with van der Waals surface area (Å²) in [5, 5.41) is 0. The highest BCUT2D eigenvalue weighted by atomic mass is 32.9. The van der Waals surface area contributed by atoms with Gasteiger partial charge in [-0.3, -0.25) is 9.11 Å². The van der Waals surface area contributed by atoms with Gasteiger partial charge in [0.25, 0.3) is 10.3 Å². The molecule has 0 saturated heterocycles. The maximum absolute atomic E-state index is 10.5. The molecule has 0 heterocycles. The largest absolute Gasteiger partial charge is 0.430 e. The fourth-order valence-electron chi connectivity index (χ4n) is 0.974. The van der Waals surface area contributed by atoms with E-state index in [1.165, 1.54) is 0 Å². The van der Waals surface area contributed by atoms with E-state index >= 15 is 0 Å². The van der Waals surface area contributed by atoms with Crippen LogP contribution in [0.15, 0.2) is 18.2 Å². The predicted octanol–water partition coefficient (Wildman–Crippen LogP) is 0.579. The molecule has 14 heavy (non-hydrogen) atoms. The van der Waals surface area contributed by atoms with Crippen LogP contribution in [0.2, 0.25) is 0 Å². The van der Waals surface area contributed by atoms with Crippen molar-refractivity contribution in [3.05, 3.63) is 23.8 Å². The van der Waals surface area contributed by atoms with Crippen LogP contribution in [0.5, 0.6) is 0 Å². The quantitative estimate of drug-likeness (QED) is 0.443. The summed E-state index contributed by atoms with van der Waals surface area (Å²) in [5.74, 6) is 0.182. The minimum absolute atomic E-state index is 0.182. The maximum atomic E-state index is 10.5. The molecule has 0 atom stereocenters. The van der Waals surface area contributed by atoms with Crippen LogP contribution in [0.4, 0.5) is 11.4 Å². The predicted molar refractivity (Wildman–Crippen MR) is 59.7 cm³/mol. The number of hydrogen-bond donors (Lipinski definition) is 4. The molecule has 7 heteroatoms. The lowest BCUT2D eigenvalue weighted by Gasteiger charge is -1.97. The summed E-state index contributed by atoms with van der Waals surface area (Å²) >= 11 is 0. The first-order valence-electron chi connectivity index (χ1n) is 3.65. The zero-order valence-electron chi connectivity index (χ0n) is 7.21. The molecule has 0 bridgehead atoms. The smallest absolute Gasteiger partial charge is 0.399 e. The molecular weight excluding hydrogens is 224 g/mol. The van der Waals surface area contributed by atoms with Gasteiger partial charge in [-0.2, -0.15) is 4.21 Å². The standard InChI is InChI=1S/C7H10N2O3S2/c8-6-1-5(2-7(9)3-6)4-13-14(10,11)12/h1-3H,4,8-9H2,(H-,10,11,12)/p+1. The molecule has 0 spiro atoms. The third-order valence-electron chi connectivity index (χ3n) is 1.42. The lowest BCUT2D eigenvalue weighted by Crippen LogP contribution is -1.98. The number of hydrogen-bond acceptors (Lipinski definition) is 3. The second-order valence-electron chi connectivity index (χ2n) is 2.72. The van der Waals surface area contributed by atoms with Crippen molar-refractivity contribution in [1.82, 2.24) is 0 Å². The van der Waals surface area contributed by atoms with Crippen LogP contribution < -0.4 is 11.5 Å². The van der Waals surface area contributed by atoms with E-state index in [9.17, 15) is 4.21 Å². The average Bonchev–Trinajstić information content (AvgIpc) is 1.97. The number of rotatable bonds is 2. The molecule has 78 valence electrons. The van der Waals surface area contributed by atoms with Gasteiger partial charge in [-0.05, 0) is 18.2 Å². The van der Waals surface area contributed by atoms with E-state index < -0.39 is 9.05 Å². The normalized spacial score (nSPS) is 11.3. The van der Waals surface area contributed by atoms with E-state index in [0.717, 1.165) is 0 Å². The van der Waals surface area contributed by atoms with Gasteiger partial charge >= 0.3 is 9.05 Å². The molecule has 0 amide bonds. The molecular formula is C7H11N2O3S2+. The van der Waals surface area contributed by atoms with Crippen LogP contribution >= 0.6 is 0 Å². The van der Waals surface area contributed by atoms with Crippen LogP contribution in [0.3, 0.4) is 0 Å².